The van der Waals surface area contributed by atoms with Crippen LogP contribution in [-0.4, -0.2) is 19.6 Å². The summed E-state index contributed by atoms with van der Waals surface area (Å²) in [6.07, 6.45) is 1.23. The molecule has 0 bridgehead atoms. The van der Waals surface area contributed by atoms with Crippen LogP contribution in [0.4, 0.5) is 0 Å². The summed E-state index contributed by atoms with van der Waals surface area (Å²) in [5, 5.41) is 3.37. The molecule has 0 radical (unpaired) electrons. The number of hydrogen-bond donors (Lipinski definition) is 2. The van der Waals surface area contributed by atoms with Crippen molar-refractivity contribution in [3.63, 3.8) is 0 Å². The van der Waals surface area contributed by atoms with Gasteiger partial charge in [0.05, 0.1) is 0 Å². The highest BCUT2D eigenvalue weighted by atomic mass is 14.9. The van der Waals surface area contributed by atoms with Gasteiger partial charge in [-0.15, -0.1) is 0 Å². The van der Waals surface area contributed by atoms with E-state index < -0.39 is 0 Å². The fourth-order valence-electron chi connectivity index (χ4n) is 2.03. The van der Waals surface area contributed by atoms with E-state index in [0.717, 1.165) is 19.6 Å². The van der Waals surface area contributed by atoms with E-state index in [-0.39, 0.29) is 0 Å². The monoisotopic (exact) mass is 186 g/mol. The Bertz CT molecular complexity index is 134. The highest BCUT2D eigenvalue weighted by Crippen LogP contribution is 2.32. The van der Waals surface area contributed by atoms with Gasteiger partial charge in [-0.3, -0.25) is 0 Å². The molecule has 13 heavy (non-hydrogen) atoms. The lowest BCUT2D eigenvalue weighted by molar-refractivity contribution is 0.207. The first kappa shape index (κ1) is 12.9. The zero-order valence-corrected chi connectivity index (χ0v) is 9.91. The van der Waals surface area contributed by atoms with Gasteiger partial charge in [-0.2, -0.15) is 0 Å². The van der Waals surface area contributed by atoms with Crippen LogP contribution < -0.4 is 11.1 Å². The van der Waals surface area contributed by atoms with Crippen LogP contribution in [0.25, 0.3) is 0 Å². The Morgan fingerprint density at radius 3 is 2.00 bits per heavy atom. The average Bonchev–Trinajstić information content (AvgIpc) is 1.81. The van der Waals surface area contributed by atoms with Crippen LogP contribution in [0, 0.1) is 10.8 Å². The van der Waals surface area contributed by atoms with Gasteiger partial charge >= 0.3 is 0 Å². The standard InChI is InChI=1S/C11H26N2/c1-10(2,3)8-11(4,5)9-13-7-6-12/h13H,6-9,12H2,1-5H3. The molecule has 0 aromatic rings. The van der Waals surface area contributed by atoms with Crippen molar-refractivity contribution >= 4 is 0 Å². The molecule has 0 spiro atoms. The Morgan fingerprint density at radius 2 is 1.62 bits per heavy atom. The molecule has 0 saturated carbocycles. The summed E-state index contributed by atoms with van der Waals surface area (Å²) >= 11 is 0. The molecule has 0 fully saturated rings. The Kier molecular flexibility index (Phi) is 4.93. The minimum atomic E-state index is 0.368. The lowest BCUT2D eigenvalue weighted by Gasteiger charge is -2.32. The van der Waals surface area contributed by atoms with E-state index in [1.165, 1.54) is 6.42 Å². The van der Waals surface area contributed by atoms with Gasteiger partial charge in [-0.05, 0) is 17.3 Å². The van der Waals surface area contributed by atoms with E-state index in [4.69, 9.17) is 5.73 Å². The van der Waals surface area contributed by atoms with Gasteiger partial charge in [0.25, 0.3) is 0 Å². The molecule has 80 valence electrons. The molecule has 0 aliphatic heterocycles. The maximum atomic E-state index is 5.42. The number of rotatable bonds is 5. The van der Waals surface area contributed by atoms with E-state index in [9.17, 15) is 0 Å². The minimum Gasteiger partial charge on any atom is -0.329 e. The fraction of sp³-hybridized carbons (Fsp3) is 1.00. The summed E-state index contributed by atoms with van der Waals surface area (Å²) in [4.78, 5) is 0. The molecule has 0 saturated heterocycles. The molecule has 2 nitrogen and oxygen atoms in total. The van der Waals surface area contributed by atoms with Gasteiger partial charge in [-0.25, -0.2) is 0 Å². The zero-order valence-electron chi connectivity index (χ0n) is 9.91. The molecule has 0 rings (SSSR count). The average molecular weight is 186 g/mol. The highest BCUT2D eigenvalue weighted by Gasteiger charge is 2.24. The van der Waals surface area contributed by atoms with Crippen LogP contribution in [0.2, 0.25) is 0 Å². The van der Waals surface area contributed by atoms with Crippen molar-refractivity contribution < 1.29 is 0 Å². The Labute approximate surface area is 83.3 Å². The summed E-state index contributed by atoms with van der Waals surface area (Å²) in [5.41, 5.74) is 6.20. The molecule has 0 unspecified atom stereocenters. The summed E-state index contributed by atoms with van der Waals surface area (Å²) < 4.78 is 0. The fourth-order valence-corrected chi connectivity index (χ4v) is 2.03. The predicted molar refractivity (Wildman–Crippen MR) is 59.8 cm³/mol. The normalized spacial score (nSPS) is 13.4. The molecule has 0 atom stereocenters. The van der Waals surface area contributed by atoms with E-state index in [2.05, 4.69) is 39.9 Å². The van der Waals surface area contributed by atoms with Crippen LogP contribution in [0.3, 0.4) is 0 Å². The molecule has 0 amide bonds. The van der Waals surface area contributed by atoms with Gasteiger partial charge in [0, 0.05) is 19.6 Å². The SMILES string of the molecule is CC(C)(C)CC(C)(C)CNCCN. The van der Waals surface area contributed by atoms with Crippen molar-refractivity contribution in [2.45, 2.75) is 41.0 Å². The van der Waals surface area contributed by atoms with E-state index >= 15 is 0 Å². The quantitative estimate of drug-likeness (QED) is 0.644. The third kappa shape index (κ3) is 8.26. The van der Waals surface area contributed by atoms with Gasteiger partial charge in [0.1, 0.15) is 0 Å². The van der Waals surface area contributed by atoms with Crippen molar-refractivity contribution in [1.29, 1.82) is 0 Å². The summed E-state index contributed by atoms with van der Waals surface area (Å²) in [6.45, 7) is 14.2. The van der Waals surface area contributed by atoms with Crippen LogP contribution in [-0.2, 0) is 0 Å². The first-order valence-corrected chi connectivity index (χ1v) is 5.18. The summed E-state index contributed by atoms with van der Waals surface area (Å²) in [6, 6.07) is 0. The lowest BCUT2D eigenvalue weighted by atomic mass is 9.76. The number of hydrogen-bond acceptors (Lipinski definition) is 2. The molecule has 3 N–H and O–H groups in total. The lowest BCUT2D eigenvalue weighted by Crippen LogP contribution is -2.35. The smallest absolute Gasteiger partial charge is 0.00747 e. The maximum Gasteiger partial charge on any atom is 0.00747 e. The largest absolute Gasteiger partial charge is 0.329 e. The Morgan fingerprint density at radius 1 is 1.08 bits per heavy atom. The van der Waals surface area contributed by atoms with Gasteiger partial charge in [0.2, 0.25) is 0 Å². The summed E-state index contributed by atoms with van der Waals surface area (Å²) in [7, 11) is 0. The Balaban J connectivity index is 3.80. The second-order valence-electron chi connectivity index (χ2n) is 5.87. The first-order chi connectivity index (χ1) is 5.77. The van der Waals surface area contributed by atoms with Crippen LogP contribution >= 0.6 is 0 Å². The second kappa shape index (κ2) is 4.97. The molecule has 0 aliphatic rings. The third-order valence-electron chi connectivity index (χ3n) is 1.93. The third-order valence-corrected chi connectivity index (χ3v) is 1.93. The molecule has 0 aliphatic carbocycles. The number of nitrogens with two attached hydrogens (primary N) is 1. The minimum absolute atomic E-state index is 0.368. The van der Waals surface area contributed by atoms with E-state index in [0.29, 0.717) is 10.8 Å². The molecule has 2 heteroatoms. The molecule has 0 aromatic heterocycles. The molecular weight excluding hydrogens is 160 g/mol. The Hall–Kier alpha value is -0.0800. The van der Waals surface area contributed by atoms with Gasteiger partial charge in [0.15, 0.2) is 0 Å². The van der Waals surface area contributed by atoms with Crippen LogP contribution in [0.15, 0.2) is 0 Å². The maximum absolute atomic E-state index is 5.42. The highest BCUT2D eigenvalue weighted by molar-refractivity contribution is 4.78. The topological polar surface area (TPSA) is 38.0 Å². The van der Waals surface area contributed by atoms with Crippen molar-refractivity contribution in [3.05, 3.63) is 0 Å². The van der Waals surface area contributed by atoms with Crippen molar-refractivity contribution in [3.8, 4) is 0 Å². The van der Waals surface area contributed by atoms with Crippen molar-refractivity contribution in [2.75, 3.05) is 19.6 Å². The van der Waals surface area contributed by atoms with Crippen LogP contribution in [0.5, 0.6) is 0 Å². The summed E-state index contributed by atoms with van der Waals surface area (Å²) in [5.74, 6) is 0. The van der Waals surface area contributed by atoms with Gasteiger partial charge in [-0.1, -0.05) is 34.6 Å². The van der Waals surface area contributed by atoms with E-state index in [1.807, 2.05) is 0 Å². The predicted octanol–water partition coefficient (Wildman–Crippen LogP) is 2.00. The first-order valence-electron chi connectivity index (χ1n) is 5.18. The molecule has 0 heterocycles. The van der Waals surface area contributed by atoms with Crippen molar-refractivity contribution in [2.24, 2.45) is 16.6 Å². The zero-order chi connectivity index (χ0) is 10.5. The van der Waals surface area contributed by atoms with Crippen molar-refractivity contribution in [1.82, 2.24) is 5.32 Å². The molecule has 0 aromatic carbocycles. The van der Waals surface area contributed by atoms with E-state index in [1.54, 1.807) is 0 Å². The molecular formula is C11H26N2. The number of nitrogens with one attached hydrogen (secondary N) is 1. The van der Waals surface area contributed by atoms with Gasteiger partial charge < -0.3 is 11.1 Å². The van der Waals surface area contributed by atoms with Crippen LogP contribution in [0.1, 0.15) is 41.0 Å². The second-order valence-corrected chi connectivity index (χ2v) is 5.87.